The standard InChI is InChI=1S/C16H22Cl2N2O2/c1-9(10-6-5-7-11(17)14(10)18)19-12-8-13(12)20-15(21)22-16(2,3)4/h5-7,9,12-13,19H,8H2,1-4H3,(H,20,21). The van der Waals surface area contributed by atoms with Gasteiger partial charge in [-0.3, -0.25) is 0 Å². The van der Waals surface area contributed by atoms with Crippen LogP contribution in [0.4, 0.5) is 4.79 Å². The fraction of sp³-hybridized carbons (Fsp3) is 0.562. The minimum atomic E-state index is -0.483. The zero-order valence-electron chi connectivity index (χ0n) is 13.2. The molecule has 0 saturated heterocycles. The average Bonchev–Trinajstić information content (AvgIpc) is 3.07. The van der Waals surface area contributed by atoms with Gasteiger partial charge in [0.1, 0.15) is 5.60 Å². The van der Waals surface area contributed by atoms with E-state index in [9.17, 15) is 4.79 Å². The van der Waals surface area contributed by atoms with Crippen molar-refractivity contribution in [3.05, 3.63) is 33.8 Å². The molecule has 0 heterocycles. The van der Waals surface area contributed by atoms with Gasteiger partial charge in [-0.05, 0) is 45.7 Å². The Balaban J connectivity index is 1.84. The lowest BCUT2D eigenvalue weighted by atomic mass is 10.1. The Morgan fingerprint density at radius 1 is 1.32 bits per heavy atom. The Kier molecular flexibility index (Phi) is 5.25. The van der Waals surface area contributed by atoms with Crippen molar-refractivity contribution >= 4 is 29.3 Å². The third-order valence-corrected chi connectivity index (χ3v) is 4.24. The first-order chi connectivity index (χ1) is 10.2. The predicted molar refractivity (Wildman–Crippen MR) is 89.6 cm³/mol. The van der Waals surface area contributed by atoms with E-state index in [-0.39, 0.29) is 24.2 Å². The molecule has 0 aromatic heterocycles. The number of ether oxygens (including phenoxy) is 1. The number of alkyl carbamates (subject to hydrolysis) is 1. The van der Waals surface area contributed by atoms with Crippen molar-refractivity contribution in [2.75, 3.05) is 0 Å². The Labute approximate surface area is 141 Å². The highest BCUT2D eigenvalue weighted by Gasteiger charge is 2.40. The van der Waals surface area contributed by atoms with Crippen molar-refractivity contribution in [2.45, 2.75) is 57.8 Å². The van der Waals surface area contributed by atoms with Crippen LogP contribution in [-0.4, -0.2) is 23.8 Å². The van der Waals surface area contributed by atoms with E-state index in [1.807, 2.05) is 39.8 Å². The molecule has 22 heavy (non-hydrogen) atoms. The summed E-state index contributed by atoms with van der Waals surface area (Å²) >= 11 is 12.3. The third-order valence-electron chi connectivity index (χ3n) is 3.40. The van der Waals surface area contributed by atoms with Gasteiger partial charge in [-0.25, -0.2) is 4.79 Å². The van der Waals surface area contributed by atoms with Crippen LogP contribution in [-0.2, 0) is 4.74 Å². The quantitative estimate of drug-likeness (QED) is 0.855. The molecule has 1 fully saturated rings. The van der Waals surface area contributed by atoms with Crippen LogP contribution in [0.25, 0.3) is 0 Å². The second-order valence-electron chi connectivity index (χ2n) is 6.63. The summed E-state index contributed by atoms with van der Waals surface area (Å²) in [5.41, 5.74) is 0.473. The summed E-state index contributed by atoms with van der Waals surface area (Å²) in [7, 11) is 0. The minimum Gasteiger partial charge on any atom is -0.444 e. The number of carbonyl (C=O) groups excluding carboxylic acids is 1. The molecular formula is C16H22Cl2N2O2. The first-order valence-corrected chi connectivity index (χ1v) is 8.12. The number of carbonyl (C=O) groups is 1. The third kappa shape index (κ3) is 4.77. The summed E-state index contributed by atoms with van der Waals surface area (Å²) in [5.74, 6) is 0. The fourth-order valence-corrected chi connectivity index (χ4v) is 2.73. The molecule has 3 atom stereocenters. The Morgan fingerprint density at radius 2 is 2.00 bits per heavy atom. The van der Waals surface area contributed by atoms with Crippen LogP contribution >= 0.6 is 23.2 Å². The van der Waals surface area contributed by atoms with Crippen molar-refractivity contribution in [1.82, 2.24) is 10.6 Å². The van der Waals surface area contributed by atoms with E-state index < -0.39 is 5.60 Å². The molecule has 1 aliphatic rings. The summed E-state index contributed by atoms with van der Waals surface area (Å²) in [6, 6.07) is 5.97. The zero-order valence-corrected chi connectivity index (χ0v) is 14.8. The molecule has 0 radical (unpaired) electrons. The fourth-order valence-electron chi connectivity index (χ4n) is 2.26. The summed E-state index contributed by atoms with van der Waals surface area (Å²) < 4.78 is 5.24. The number of benzene rings is 1. The van der Waals surface area contributed by atoms with E-state index in [2.05, 4.69) is 10.6 Å². The van der Waals surface area contributed by atoms with Crippen LogP contribution in [0.5, 0.6) is 0 Å². The SMILES string of the molecule is CC(NC1CC1NC(=O)OC(C)(C)C)c1cccc(Cl)c1Cl. The molecule has 2 rings (SSSR count). The largest absolute Gasteiger partial charge is 0.444 e. The van der Waals surface area contributed by atoms with Gasteiger partial charge in [-0.1, -0.05) is 35.3 Å². The lowest BCUT2D eigenvalue weighted by Gasteiger charge is -2.20. The molecule has 4 nitrogen and oxygen atoms in total. The van der Waals surface area contributed by atoms with Gasteiger partial charge in [0.05, 0.1) is 10.0 Å². The Morgan fingerprint density at radius 3 is 2.64 bits per heavy atom. The summed E-state index contributed by atoms with van der Waals surface area (Å²) in [5, 5.41) is 7.42. The van der Waals surface area contributed by atoms with E-state index in [4.69, 9.17) is 27.9 Å². The summed E-state index contributed by atoms with van der Waals surface area (Å²) in [6.45, 7) is 7.57. The topological polar surface area (TPSA) is 50.4 Å². The number of hydrogen-bond acceptors (Lipinski definition) is 3. The highest BCUT2D eigenvalue weighted by Crippen LogP contribution is 2.32. The van der Waals surface area contributed by atoms with Crippen LogP contribution < -0.4 is 10.6 Å². The minimum absolute atomic E-state index is 0.0571. The lowest BCUT2D eigenvalue weighted by Crippen LogP contribution is -2.37. The first-order valence-electron chi connectivity index (χ1n) is 7.37. The molecule has 1 amide bonds. The van der Waals surface area contributed by atoms with Gasteiger partial charge >= 0.3 is 6.09 Å². The van der Waals surface area contributed by atoms with Gasteiger partial charge in [0.15, 0.2) is 0 Å². The molecule has 3 unspecified atom stereocenters. The van der Waals surface area contributed by atoms with Crippen molar-refractivity contribution in [2.24, 2.45) is 0 Å². The van der Waals surface area contributed by atoms with E-state index in [0.29, 0.717) is 10.0 Å². The van der Waals surface area contributed by atoms with Gasteiger partial charge in [0.2, 0.25) is 0 Å². The van der Waals surface area contributed by atoms with Crippen LogP contribution in [0, 0.1) is 0 Å². The average molecular weight is 345 g/mol. The van der Waals surface area contributed by atoms with Crippen molar-refractivity contribution in [1.29, 1.82) is 0 Å². The highest BCUT2D eigenvalue weighted by atomic mass is 35.5. The van der Waals surface area contributed by atoms with Crippen molar-refractivity contribution in [3.8, 4) is 0 Å². The zero-order chi connectivity index (χ0) is 16.5. The molecule has 0 aliphatic heterocycles. The molecule has 1 aromatic rings. The van der Waals surface area contributed by atoms with Crippen LogP contribution in [0.3, 0.4) is 0 Å². The summed E-state index contributed by atoms with van der Waals surface area (Å²) in [4.78, 5) is 11.7. The smallest absolute Gasteiger partial charge is 0.407 e. The second-order valence-corrected chi connectivity index (χ2v) is 7.41. The van der Waals surface area contributed by atoms with E-state index in [1.54, 1.807) is 6.07 Å². The van der Waals surface area contributed by atoms with Gasteiger partial charge in [0, 0.05) is 18.1 Å². The molecular weight excluding hydrogens is 323 g/mol. The van der Waals surface area contributed by atoms with Crippen LogP contribution in [0.2, 0.25) is 10.0 Å². The second kappa shape index (κ2) is 6.65. The number of rotatable bonds is 4. The molecule has 1 aromatic carbocycles. The Bertz CT molecular complexity index is 558. The molecule has 0 spiro atoms. The normalized spacial score (nSPS) is 22.1. The maximum Gasteiger partial charge on any atom is 0.407 e. The number of hydrogen-bond donors (Lipinski definition) is 2. The highest BCUT2D eigenvalue weighted by molar-refractivity contribution is 6.42. The van der Waals surface area contributed by atoms with E-state index in [0.717, 1.165) is 12.0 Å². The molecule has 0 bridgehead atoms. The monoisotopic (exact) mass is 344 g/mol. The Hall–Kier alpha value is -0.970. The van der Waals surface area contributed by atoms with E-state index >= 15 is 0 Å². The predicted octanol–water partition coefficient (Wildman–Crippen LogP) is 4.31. The van der Waals surface area contributed by atoms with Gasteiger partial charge in [0.25, 0.3) is 0 Å². The maximum absolute atomic E-state index is 11.7. The maximum atomic E-state index is 11.7. The van der Waals surface area contributed by atoms with Gasteiger partial charge in [-0.2, -0.15) is 0 Å². The molecule has 6 heteroatoms. The number of nitrogens with one attached hydrogen (secondary N) is 2. The van der Waals surface area contributed by atoms with Gasteiger partial charge in [-0.15, -0.1) is 0 Å². The number of halogens is 2. The number of amides is 1. The van der Waals surface area contributed by atoms with Crippen molar-refractivity contribution in [3.63, 3.8) is 0 Å². The van der Waals surface area contributed by atoms with Crippen LogP contribution in [0.15, 0.2) is 18.2 Å². The summed E-state index contributed by atoms with van der Waals surface area (Å²) in [6.07, 6.45) is 0.497. The van der Waals surface area contributed by atoms with Gasteiger partial charge < -0.3 is 15.4 Å². The van der Waals surface area contributed by atoms with Crippen molar-refractivity contribution < 1.29 is 9.53 Å². The van der Waals surface area contributed by atoms with Crippen LogP contribution in [0.1, 0.15) is 45.7 Å². The molecule has 2 N–H and O–H groups in total. The molecule has 1 aliphatic carbocycles. The van der Waals surface area contributed by atoms with E-state index in [1.165, 1.54) is 0 Å². The first kappa shape index (κ1) is 17.4. The lowest BCUT2D eigenvalue weighted by molar-refractivity contribution is 0.0522. The molecule has 1 saturated carbocycles. The molecule has 122 valence electrons.